The molecule has 1 aromatic carbocycles. The molecule has 0 aliphatic heterocycles. The van der Waals surface area contributed by atoms with Gasteiger partial charge in [-0.05, 0) is 24.3 Å². The van der Waals surface area contributed by atoms with Crippen molar-refractivity contribution in [3.63, 3.8) is 0 Å². The molecule has 0 aliphatic rings. The first-order valence-corrected chi connectivity index (χ1v) is 6.31. The van der Waals surface area contributed by atoms with E-state index in [1.165, 1.54) is 0 Å². The molecular formula is C15H8N6. The van der Waals surface area contributed by atoms with Crippen molar-refractivity contribution in [2.75, 3.05) is 0 Å². The van der Waals surface area contributed by atoms with Crippen molar-refractivity contribution in [1.82, 2.24) is 24.6 Å². The lowest BCUT2D eigenvalue weighted by Gasteiger charge is -2.01. The number of rotatable bonds is 1. The standard InChI is InChI=1S/C15H8N6/c16-9-10-3-6-21-14(7-10)19-20-15(21)11-1-2-12-13(8-11)18-5-4-17-12/h1-8H. The average Bonchev–Trinajstić information content (AvgIpc) is 2.97. The topological polar surface area (TPSA) is 79.8 Å². The van der Waals surface area contributed by atoms with Crippen LogP contribution in [-0.4, -0.2) is 24.6 Å². The van der Waals surface area contributed by atoms with Crippen LogP contribution in [0.25, 0.3) is 28.1 Å². The lowest BCUT2D eigenvalue weighted by Crippen LogP contribution is -1.91. The molecule has 0 atom stereocenters. The summed E-state index contributed by atoms with van der Waals surface area (Å²) < 4.78 is 1.85. The van der Waals surface area contributed by atoms with E-state index in [9.17, 15) is 0 Å². The third-order valence-corrected chi connectivity index (χ3v) is 3.27. The molecule has 3 heterocycles. The fraction of sp³-hybridized carbons (Fsp3) is 0. The van der Waals surface area contributed by atoms with Crippen molar-refractivity contribution in [2.24, 2.45) is 0 Å². The Morgan fingerprint density at radius 1 is 0.952 bits per heavy atom. The van der Waals surface area contributed by atoms with Crippen molar-refractivity contribution in [3.05, 3.63) is 54.5 Å². The van der Waals surface area contributed by atoms with Gasteiger partial charge in [0.25, 0.3) is 0 Å². The van der Waals surface area contributed by atoms with Crippen molar-refractivity contribution in [1.29, 1.82) is 5.26 Å². The van der Waals surface area contributed by atoms with Crippen molar-refractivity contribution >= 4 is 16.7 Å². The maximum absolute atomic E-state index is 8.92. The van der Waals surface area contributed by atoms with E-state index in [1.54, 1.807) is 30.7 Å². The van der Waals surface area contributed by atoms with E-state index in [0.29, 0.717) is 17.0 Å². The Bertz CT molecular complexity index is 1010. The second-order valence-electron chi connectivity index (χ2n) is 4.54. The SMILES string of the molecule is N#Cc1ccn2c(-c3ccc4nccnc4c3)nnc2c1. The zero-order valence-corrected chi connectivity index (χ0v) is 10.8. The summed E-state index contributed by atoms with van der Waals surface area (Å²) >= 11 is 0. The molecule has 0 radical (unpaired) electrons. The molecule has 6 nitrogen and oxygen atoms in total. The highest BCUT2D eigenvalue weighted by molar-refractivity contribution is 5.79. The molecule has 3 aromatic heterocycles. The Morgan fingerprint density at radius 2 is 1.81 bits per heavy atom. The van der Waals surface area contributed by atoms with Crippen molar-refractivity contribution < 1.29 is 0 Å². The number of nitrogens with zero attached hydrogens (tertiary/aromatic N) is 6. The van der Waals surface area contributed by atoms with Crippen LogP contribution in [0.3, 0.4) is 0 Å². The molecule has 21 heavy (non-hydrogen) atoms. The quantitative estimate of drug-likeness (QED) is 0.530. The van der Waals surface area contributed by atoms with Gasteiger partial charge >= 0.3 is 0 Å². The zero-order chi connectivity index (χ0) is 14.2. The Labute approximate surface area is 119 Å². The monoisotopic (exact) mass is 272 g/mol. The highest BCUT2D eigenvalue weighted by Gasteiger charge is 2.09. The third-order valence-electron chi connectivity index (χ3n) is 3.27. The highest BCUT2D eigenvalue weighted by atomic mass is 15.2. The predicted molar refractivity (Wildman–Crippen MR) is 76.2 cm³/mol. The van der Waals surface area contributed by atoms with Crippen LogP contribution < -0.4 is 0 Å². The number of pyridine rings is 1. The smallest absolute Gasteiger partial charge is 0.168 e. The molecule has 0 unspecified atom stereocenters. The fourth-order valence-electron chi connectivity index (χ4n) is 2.26. The maximum Gasteiger partial charge on any atom is 0.168 e. The van der Waals surface area contributed by atoms with Crippen LogP contribution in [0.4, 0.5) is 0 Å². The highest BCUT2D eigenvalue weighted by Crippen LogP contribution is 2.21. The molecule has 0 saturated heterocycles. The molecule has 0 N–H and O–H groups in total. The molecule has 4 aromatic rings. The van der Waals surface area contributed by atoms with Crippen LogP contribution in [0, 0.1) is 11.3 Å². The van der Waals surface area contributed by atoms with Crippen LogP contribution in [0.2, 0.25) is 0 Å². The summed E-state index contributed by atoms with van der Waals surface area (Å²) in [5.74, 6) is 0.710. The Balaban J connectivity index is 1.94. The lowest BCUT2D eigenvalue weighted by atomic mass is 10.2. The summed E-state index contributed by atoms with van der Waals surface area (Å²) in [5.41, 5.74) is 3.75. The van der Waals surface area contributed by atoms with Crippen LogP contribution in [-0.2, 0) is 0 Å². The van der Waals surface area contributed by atoms with E-state index < -0.39 is 0 Å². The Kier molecular flexibility index (Phi) is 2.38. The largest absolute Gasteiger partial charge is 0.282 e. The molecule has 0 fully saturated rings. The summed E-state index contributed by atoms with van der Waals surface area (Å²) in [5, 5.41) is 17.2. The van der Waals surface area contributed by atoms with Gasteiger partial charge in [-0.1, -0.05) is 0 Å². The fourth-order valence-corrected chi connectivity index (χ4v) is 2.26. The summed E-state index contributed by atoms with van der Waals surface area (Å²) in [7, 11) is 0. The van der Waals surface area contributed by atoms with Gasteiger partial charge in [0.15, 0.2) is 11.5 Å². The minimum atomic E-state index is 0.561. The van der Waals surface area contributed by atoms with E-state index >= 15 is 0 Å². The third kappa shape index (κ3) is 1.80. The van der Waals surface area contributed by atoms with E-state index in [1.807, 2.05) is 22.6 Å². The van der Waals surface area contributed by atoms with Gasteiger partial charge in [0.05, 0.1) is 22.7 Å². The number of nitriles is 1. The van der Waals surface area contributed by atoms with Gasteiger partial charge in [0, 0.05) is 30.2 Å². The van der Waals surface area contributed by atoms with Gasteiger partial charge < -0.3 is 0 Å². The second-order valence-corrected chi connectivity index (χ2v) is 4.54. The van der Waals surface area contributed by atoms with Crippen LogP contribution in [0.1, 0.15) is 5.56 Å². The minimum absolute atomic E-state index is 0.561. The zero-order valence-electron chi connectivity index (χ0n) is 10.8. The van der Waals surface area contributed by atoms with Gasteiger partial charge in [0.2, 0.25) is 0 Å². The van der Waals surface area contributed by atoms with Crippen LogP contribution in [0.15, 0.2) is 48.9 Å². The van der Waals surface area contributed by atoms with Gasteiger partial charge in [-0.3, -0.25) is 14.4 Å². The van der Waals surface area contributed by atoms with E-state index in [2.05, 4.69) is 26.2 Å². The molecule has 4 rings (SSSR count). The number of hydrogen-bond donors (Lipinski definition) is 0. The second kappa shape index (κ2) is 4.35. The van der Waals surface area contributed by atoms with Crippen molar-refractivity contribution in [3.8, 4) is 17.5 Å². The molecule has 0 bridgehead atoms. The number of fused-ring (bicyclic) bond motifs is 2. The lowest BCUT2D eigenvalue weighted by molar-refractivity contribution is 1.11. The molecule has 0 amide bonds. The predicted octanol–water partition coefficient (Wildman–Crippen LogP) is 2.21. The number of benzene rings is 1. The van der Waals surface area contributed by atoms with Gasteiger partial charge in [-0.2, -0.15) is 5.26 Å². The number of hydrogen-bond acceptors (Lipinski definition) is 5. The first-order valence-electron chi connectivity index (χ1n) is 6.31. The summed E-state index contributed by atoms with van der Waals surface area (Å²) in [6.45, 7) is 0. The van der Waals surface area contributed by atoms with Gasteiger partial charge in [-0.25, -0.2) is 0 Å². The average molecular weight is 272 g/mol. The summed E-state index contributed by atoms with van der Waals surface area (Å²) in [4.78, 5) is 8.54. The van der Waals surface area contributed by atoms with E-state index in [4.69, 9.17) is 5.26 Å². The number of aromatic nitrogens is 5. The molecule has 0 aliphatic carbocycles. The molecule has 6 heteroatoms. The minimum Gasteiger partial charge on any atom is -0.282 e. The van der Waals surface area contributed by atoms with Crippen molar-refractivity contribution in [2.45, 2.75) is 0 Å². The Hall–Kier alpha value is -3.33. The normalized spacial score (nSPS) is 10.8. The van der Waals surface area contributed by atoms with E-state index in [-0.39, 0.29) is 0 Å². The summed E-state index contributed by atoms with van der Waals surface area (Å²) in [6.07, 6.45) is 5.12. The molecule has 98 valence electrons. The molecule has 0 spiro atoms. The molecular weight excluding hydrogens is 264 g/mol. The Morgan fingerprint density at radius 3 is 2.67 bits per heavy atom. The van der Waals surface area contributed by atoms with E-state index in [0.717, 1.165) is 16.6 Å². The van der Waals surface area contributed by atoms with Gasteiger partial charge in [0.1, 0.15) is 0 Å². The maximum atomic E-state index is 8.92. The van der Waals surface area contributed by atoms with Gasteiger partial charge in [-0.15, -0.1) is 10.2 Å². The first-order chi connectivity index (χ1) is 10.3. The van der Waals surface area contributed by atoms with Crippen LogP contribution >= 0.6 is 0 Å². The molecule has 0 saturated carbocycles. The summed E-state index contributed by atoms with van der Waals surface area (Å²) in [6, 6.07) is 11.3. The first kappa shape index (κ1) is 11.5. The van der Waals surface area contributed by atoms with Crippen LogP contribution in [0.5, 0.6) is 0 Å².